The summed E-state index contributed by atoms with van der Waals surface area (Å²) in [5, 5.41) is 2.49. The first-order valence-electron chi connectivity index (χ1n) is 15.5. The number of methoxy groups -OCH3 is 2. The zero-order valence-electron chi connectivity index (χ0n) is 28.0. The highest BCUT2D eigenvalue weighted by atomic mass is 79.9. The van der Waals surface area contributed by atoms with Gasteiger partial charge in [0, 0.05) is 58.4 Å². The molecule has 4 nitrogen and oxygen atoms in total. The van der Waals surface area contributed by atoms with Gasteiger partial charge in [0.05, 0.1) is 24.0 Å². The Labute approximate surface area is 303 Å². The van der Waals surface area contributed by atoms with Crippen LogP contribution in [0.1, 0.15) is 52.7 Å². The molecule has 47 heavy (non-hydrogen) atoms. The van der Waals surface area contributed by atoms with E-state index in [1.54, 1.807) is 14.2 Å². The molecule has 0 amide bonds. The van der Waals surface area contributed by atoms with Gasteiger partial charge in [-0.3, -0.25) is 0 Å². The zero-order chi connectivity index (χ0) is 33.7. The molecule has 4 aromatic carbocycles. The lowest BCUT2D eigenvalue weighted by Crippen LogP contribution is -2.23. The normalized spacial score (nSPS) is 12.6. The molecule has 0 saturated carbocycles. The predicted molar refractivity (Wildman–Crippen MR) is 208 cm³/mol. The molecule has 0 fully saturated rings. The largest absolute Gasteiger partial charge is 0.497 e. The van der Waals surface area contributed by atoms with Crippen LogP contribution in [0.3, 0.4) is 0 Å². The van der Waals surface area contributed by atoms with E-state index in [1.165, 1.54) is 42.7 Å². The van der Waals surface area contributed by atoms with Crippen molar-refractivity contribution in [3.8, 4) is 11.5 Å². The minimum Gasteiger partial charge on any atom is -0.497 e. The molecule has 0 aliphatic carbocycles. The van der Waals surface area contributed by atoms with Crippen molar-refractivity contribution in [3.05, 3.63) is 117 Å². The van der Waals surface area contributed by atoms with Crippen molar-refractivity contribution < 1.29 is 9.47 Å². The van der Waals surface area contributed by atoms with Gasteiger partial charge in [-0.05, 0) is 124 Å². The molecule has 0 spiro atoms. The standard InChI is InChI=1S/C39H40Br2N2O2S2/c1-37(2,33-23-42(35-19-9-25(40)21-31(33)35)38(3,4)46-29-15-11-27(44-7)12-16-29)34-24-43(36-20-10-26(41)22-32(34)36)39(5,6)47-30-17-13-28(45-8)14-18-30/h9-24H,1-8H3. The van der Waals surface area contributed by atoms with Gasteiger partial charge in [-0.25, -0.2) is 0 Å². The summed E-state index contributed by atoms with van der Waals surface area (Å²) in [6, 6.07) is 30.0. The topological polar surface area (TPSA) is 28.3 Å². The maximum absolute atomic E-state index is 5.40. The van der Waals surface area contributed by atoms with Crippen LogP contribution >= 0.6 is 55.4 Å². The molecule has 244 valence electrons. The molecule has 0 saturated heterocycles. The van der Waals surface area contributed by atoms with Crippen molar-refractivity contribution in [2.75, 3.05) is 14.2 Å². The summed E-state index contributed by atoms with van der Waals surface area (Å²) in [5.41, 5.74) is 4.68. The summed E-state index contributed by atoms with van der Waals surface area (Å²) >= 11 is 11.3. The van der Waals surface area contributed by atoms with Gasteiger partial charge >= 0.3 is 0 Å². The quantitative estimate of drug-likeness (QED) is 0.129. The highest BCUT2D eigenvalue weighted by Gasteiger charge is 2.35. The van der Waals surface area contributed by atoms with E-state index in [1.807, 2.05) is 47.8 Å². The highest BCUT2D eigenvalue weighted by molar-refractivity contribution is 9.10. The molecular weight excluding hydrogens is 752 g/mol. The zero-order valence-corrected chi connectivity index (χ0v) is 32.8. The Balaban J connectivity index is 1.47. The molecule has 0 atom stereocenters. The van der Waals surface area contributed by atoms with E-state index in [9.17, 15) is 0 Å². The van der Waals surface area contributed by atoms with Crippen molar-refractivity contribution in [1.82, 2.24) is 9.13 Å². The minimum absolute atomic E-state index is 0.261. The maximum atomic E-state index is 5.40. The summed E-state index contributed by atoms with van der Waals surface area (Å²) < 4.78 is 17.8. The molecule has 6 aromatic rings. The fraction of sp³-hybridized carbons (Fsp3) is 0.282. The molecule has 0 N–H and O–H groups in total. The average Bonchev–Trinajstić information content (AvgIpc) is 3.62. The molecule has 8 heteroatoms. The second-order valence-corrected chi connectivity index (χ2v) is 18.4. The van der Waals surface area contributed by atoms with Crippen LogP contribution in [0.2, 0.25) is 0 Å². The lowest BCUT2D eigenvalue weighted by molar-refractivity contribution is 0.414. The van der Waals surface area contributed by atoms with Crippen LogP contribution in [0.25, 0.3) is 21.8 Å². The molecule has 0 aliphatic rings. The van der Waals surface area contributed by atoms with Gasteiger partial charge in [-0.1, -0.05) is 69.2 Å². The number of aromatic nitrogens is 2. The van der Waals surface area contributed by atoms with E-state index >= 15 is 0 Å². The Hall–Kier alpha value is -2.78. The minimum atomic E-state index is -0.323. The summed E-state index contributed by atoms with van der Waals surface area (Å²) in [6.45, 7) is 13.9. The fourth-order valence-electron chi connectivity index (χ4n) is 6.40. The summed E-state index contributed by atoms with van der Waals surface area (Å²) in [5.74, 6) is 1.73. The van der Waals surface area contributed by atoms with E-state index in [-0.39, 0.29) is 15.2 Å². The number of halogens is 2. The highest BCUT2D eigenvalue weighted by Crippen LogP contribution is 2.48. The molecular formula is C39H40Br2N2O2S2. The van der Waals surface area contributed by atoms with Crippen LogP contribution in [-0.4, -0.2) is 23.4 Å². The van der Waals surface area contributed by atoms with E-state index in [4.69, 9.17) is 9.47 Å². The van der Waals surface area contributed by atoms with Gasteiger partial charge in [0.25, 0.3) is 0 Å². The first-order valence-corrected chi connectivity index (χ1v) is 18.7. The van der Waals surface area contributed by atoms with Crippen molar-refractivity contribution >= 4 is 77.2 Å². The van der Waals surface area contributed by atoms with Gasteiger partial charge in [0.1, 0.15) is 11.5 Å². The van der Waals surface area contributed by atoms with Crippen LogP contribution in [0.5, 0.6) is 11.5 Å². The number of thioether (sulfide) groups is 2. The number of nitrogens with zero attached hydrogens (tertiary/aromatic N) is 2. The smallest absolute Gasteiger partial charge is 0.118 e. The Kier molecular flexibility index (Phi) is 9.37. The second kappa shape index (κ2) is 12.9. The Morgan fingerprint density at radius 2 is 0.894 bits per heavy atom. The first-order chi connectivity index (χ1) is 22.2. The Morgan fingerprint density at radius 1 is 0.532 bits per heavy atom. The van der Waals surface area contributed by atoms with Gasteiger partial charge in [0.2, 0.25) is 0 Å². The third-order valence-corrected chi connectivity index (χ3v) is 12.3. The Bertz CT molecular complexity index is 1910. The molecule has 6 rings (SSSR count). The van der Waals surface area contributed by atoms with Crippen LogP contribution in [0.15, 0.2) is 116 Å². The van der Waals surface area contributed by atoms with E-state index in [0.717, 1.165) is 20.4 Å². The van der Waals surface area contributed by atoms with Gasteiger partial charge < -0.3 is 18.6 Å². The van der Waals surface area contributed by atoms with Crippen LogP contribution in [-0.2, 0) is 15.2 Å². The number of hydrogen-bond donors (Lipinski definition) is 0. The Morgan fingerprint density at radius 3 is 1.23 bits per heavy atom. The monoisotopic (exact) mass is 790 g/mol. The van der Waals surface area contributed by atoms with Gasteiger partial charge in [-0.2, -0.15) is 0 Å². The molecule has 0 unspecified atom stereocenters. The van der Waals surface area contributed by atoms with Crippen molar-refractivity contribution in [2.24, 2.45) is 0 Å². The van der Waals surface area contributed by atoms with Gasteiger partial charge in [0.15, 0.2) is 0 Å². The second-order valence-electron chi connectivity index (χ2n) is 13.2. The van der Waals surface area contributed by atoms with E-state index in [0.29, 0.717) is 0 Å². The van der Waals surface area contributed by atoms with E-state index < -0.39 is 0 Å². The predicted octanol–water partition coefficient (Wildman–Crippen LogP) is 12.4. The third kappa shape index (κ3) is 6.63. The van der Waals surface area contributed by atoms with Crippen LogP contribution in [0.4, 0.5) is 0 Å². The number of fused-ring (bicyclic) bond motifs is 2. The third-order valence-electron chi connectivity index (χ3n) is 8.89. The number of hydrogen-bond acceptors (Lipinski definition) is 4. The first kappa shape index (κ1) is 34.1. The molecule has 0 radical (unpaired) electrons. The van der Waals surface area contributed by atoms with Crippen molar-refractivity contribution in [1.29, 1.82) is 0 Å². The van der Waals surface area contributed by atoms with Crippen LogP contribution < -0.4 is 9.47 Å². The summed E-state index contributed by atoms with van der Waals surface area (Å²) in [6.07, 6.45) is 4.76. The summed E-state index contributed by atoms with van der Waals surface area (Å²) in [4.78, 5) is 1.87. The lowest BCUT2D eigenvalue weighted by Gasteiger charge is -2.29. The molecule has 0 bridgehead atoms. The molecule has 0 aliphatic heterocycles. The van der Waals surface area contributed by atoms with Crippen molar-refractivity contribution in [3.63, 3.8) is 0 Å². The summed E-state index contributed by atoms with van der Waals surface area (Å²) in [7, 11) is 3.41. The SMILES string of the molecule is COc1ccc(SC(C)(C)n2cc(C(C)(C)c3cn(C(C)(C)Sc4ccc(OC)cc4)c4ccc(Br)cc34)c3cc(Br)ccc32)cc1. The van der Waals surface area contributed by atoms with E-state index in [2.05, 4.69) is 156 Å². The fourth-order valence-corrected chi connectivity index (χ4v) is 9.32. The lowest BCUT2D eigenvalue weighted by atomic mass is 9.78. The van der Waals surface area contributed by atoms with Crippen LogP contribution in [0, 0.1) is 0 Å². The maximum Gasteiger partial charge on any atom is 0.118 e. The average molecular weight is 793 g/mol. The van der Waals surface area contributed by atoms with Crippen molar-refractivity contribution in [2.45, 2.75) is 66.5 Å². The molecule has 2 aromatic heterocycles. The van der Waals surface area contributed by atoms with Gasteiger partial charge in [-0.15, -0.1) is 0 Å². The molecule has 2 heterocycles. The number of ether oxygens (including phenoxy) is 2. The number of rotatable bonds is 10. The number of benzene rings is 4.